The van der Waals surface area contributed by atoms with E-state index >= 15 is 0 Å². The summed E-state index contributed by atoms with van der Waals surface area (Å²) in [6, 6.07) is 30.5. The van der Waals surface area contributed by atoms with Gasteiger partial charge in [0, 0.05) is 16.5 Å². The summed E-state index contributed by atoms with van der Waals surface area (Å²) in [6.45, 7) is 2.05. The van der Waals surface area contributed by atoms with Crippen molar-refractivity contribution in [2.45, 2.75) is 6.92 Å². The smallest absolute Gasteiger partial charge is 0.227 e. The molecule has 0 radical (unpaired) electrons. The van der Waals surface area contributed by atoms with Gasteiger partial charge >= 0.3 is 0 Å². The lowest BCUT2D eigenvalue weighted by atomic mass is 10.0. The highest BCUT2D eigenvalue weighted by molar-refractivity contribution is 5.91. The first-order chi connectivity index (χ1) is 16.2. The predicted molar refractivity (Wildman–Crippen MR) is 133 cm³/mol. The summed E-state index contributed by atoms with van der Waals surface area (Å²) in [5.74, 6) is 0.641. The lowest BCUT2D eigenvalue weighted by Gasteiger charge is -2.00. The maximum Gasteiger partial charge on any atom is 0.227 e. The van der Waals surface area contributed by atoms with E-state index in [-0.39, 0.29) is 0 Å². The summed E-state index contributed by atoms with van der Waals surface area (Å²) >= 11 is 0. The summed E-state index contributed by atoms with van der Waals surface area (Å²) in [7, 11) is 0. The number of hydrogen-bond donors (Lipinski definition) is 0. The van der Waals surface area contributed by atoms with Crippen molar-refractivity contribution in [1.29, 1.82) is 0 Å². The normalized spacial score (nSPS) is 11.7. The molecule has 6 rings (SSSR count). The van der Waals surface area contributed by atoms with E-state index in [0.717, 1.165) is 50.0 Å². The molecule has 4 heteroatoms. The Hall–Kier alpha value is -4.44. The Balaban J connectivity index is 1.20. The first kappa shape index (κ1) is 19.3. The SMILES string of the molecule is Cc1ccc2oc(-c3ccc(C=Cc4ccc(-c5noc6ccccc56)cc4)cc3)nc2c1. The van der Waals surface area contributed by atoms with Crippen LogP contribution < -0.4 is 0 Å². The molecule has 2 heterocycles. The standard InChI is InChI=1S/C29H20N2O2/c1-19-6-17-27-25(18-19)30-29(32-27)23-15-11-21(12-16-23)8-7-20-9-13-22(14-10-20)28-24-4-2-3-5-26(24)33-31-28/h2-18H,1H3. The Labute approximate surface area is 190 Å². The van der Waals surface area contributed by atoms with Crippen molar-refractivity contribution in [3.63, 3.8) is 0 Å². The molecule has 4 nitrogen and oxygen atoms in total. The van der Waals surface area contributed by atoms with E-state index in [0.29, 0.717) is 5.89 Å². The minimum Gasteiger partial charge on any atom is -0.436 e. The van der Waals surface area contributed by atoms with Gasteiger partial charge in [-0.1, -0.05) is 71.9 Å². The first-order valence-electron chi connectivity index (χ1n) is 10.8. The maximum absolute atomic E-state index is 5.91. The van der Waals surface area contributed by atoms with Gasteiger partial charge in [0.15, 0.2) is 11.2 Å². The van der Waals surface area contributed by atoms with Gasteiger partial charge < -0.3 is 8.94 Å². The third-order valence-corrected chi connectivity index (χ3v) is 5.73. The van der Waals surface area contributed by atoms with Crippen LogP contribution >= 0.6 is 0 Å². The van der Waals surface area contributed by atoms with Gasteiger partial charge in [0.1, 0.15) is 11.2 Å². The highest BCUT2D eigenvalue weighted by Crippen LogP contribution is 2.28. The molecule has 0 bridgehead atoms. The van der Waals surface area contributed by atoms with Gasteiger partial charge in [-0.3, -0.25) is 0 Å². The van der Waals surface area contributed by atoms with Crippen LogP contribution in [0.5, 0.6) is 0 Å². The molecule has 0 atom stereocenters. The Kier molecular flexibility index (Phi) is 4.62. The molecule has 2 aromatic heterocycles. The second kappa shape index (κ2) is 7.92. The van der Waals surface area contributed by atoms with Crippen LogP contribution in [0.4, 0.5) is 0 Å². The fraction of sp³-hybridized carbons (Fsp3) is 0.0345. The zero-order chi connectivity index (χ0) is 22.2. The third kappa shape index (κ3) is 3.72. The van der Waals surface area contributed by atoms with Crippen LogP contribution in [0.3, 0.4) is 0 Å². The van der Waals surface area contributed by atoms with Crippen LogP contribution in [-0.2, 0) is 0 Å². The average molecular weight is 428 g/mol. The zero-order valence-electron chi connectivity index (χ0n) is 18.0. The molecule has 33 heavy (non-hydrogen) atoms. The number of para-hydroxylation sites is 1. The molecule has 0 fully saturated rings. The van der Waals surface area contributed by atoms with Gasteiger partial charge in [-0.05, 0) is 60.0 Å². The average Bonchev–Trinajstić information content (AvgIpc) is 3.47. The summed E-state index contributed by atoms with van der Waals surface area (Å²) in [5.41, 5.74) is 8.75. The number of fused-ring (bicyclic) bond motifs is 2. The molecule has 158 valence electrons. The number of aromatic nitrogens is 2. The van der Waals surface area contributed by atoms with E-state index in [1.807, 2.05) is 54.6 Å². The molecular weight excluding hydrogens is 408 g/mol. The second-order valence-electron chi connectivity index (χ2n) is 8.09. The van der Waals surface area contributed by atoms with E-state index in [2.05, 4.69) is 65.6 Å². The van der Waals surface area contributed by atoms with Crippen molar-refractivity contribution in [3.05, 3.63) is 108 Å². The third-order valence-electron chi connectivity index (χ3n) is 5.73. The first-order valence-corrected chi connectivity index (χ1v) is 10.8. The van der Waals surface area contributed by atoms with Crippen LogP contribution in [0.25, 0.3) is 56.9 Å². The Morgan fingerprint density at radius 1 is 0.697 bits per heavy atom. The number of rotatable bonds is 4. The molecule has 0 N–H and O–H groups in total. The van der Waals surface area contributed by atoms with Crippen molar-refractivity contribution in [2.75, 3.05) is 0 Å². The topological polar surface area (TPSA) is 52.1 Å². The van der Waals surface area contributed by atoms with E-state index < -0.39 is 0 Å². The van der Waals surface area contributed by atoms with Crippen molar-refractivity contribution < 1.29 is 8.94 Å². The van der Waals surface area contributed by atoms with Crippen molar-refractivity contribution in [1.82, 2.24) is 10.1 Å². The minimum atomic E-state index is 0.641. The molecule has 6 aromatic rings. The number of benzene rings is 4. The monoisotopic (exact) mass is 428 g/mol. The quantitative estimate of drug-likeness (QED) is 0.269. The van der Waals surface area contributed by atoms with Crippen LogP contribution in [0.15, 0.2) is 99.9 Å². The minimum absolute atomic E-state index is 0.641. The lowest BCUT2D eigenvalue weighted by molar-refractivity contribution is 0.459. The van der Waals surface area contributed by atoms with E-state index in [1.165, 1.54) is 5.56 Å². The molecule has 0 spiro atoms. The van der Waals surface area contributed by atoms with E-state index in [1.54, 1.807) is 0 Å². The molecule has 0 aliphatic heterocycles. The van der Waals surface area contributed by atoms with Gasteiger partial charge in [-0.15, -0.1) is 0 Å². The van der Waals surface area contributed by atoms with Crippen LogP contribution in [-0.4, -0.2) is 10.1 Å². The van der Waals surface area contributed by atoms with Gasteiger partial charge in [-0.2, -0.15) is 0 Å². The van der Waals surface area contributed by atoms with Gasteiger partial charge in [0.2, 0.25) is 5.89 Å². The zero-order valence-corrected chi connectivity index (χ0v) is 18.0. The highest BCUT2D eigenvalue weighted by Gasteiger charge is 2.10. The molecule has 0 aliphatic rings. The van der Waals surface area contributed by atoms with Crippen LogP contribution in [0, 0.1) is 6.92 Å². The van der Waals surface area contributed by atoms with Gasteiger partial charge in [0.05, 0.1) is 0 Å². The molecule has 0 aliphatic carbocycles. The molecule has 0 unspecified atom stereocenters. The van der Waals surface area contributed by atoms with Gasteiger partial charge in [-0.25, -0.2) is 4.98 Å². The summed E-state index contributed by atoms with van der Waals surface area (Å²) in [6.07, 6.45) is 4.20. The van der Waals surface area contributed by atoms with E-state index in [9.17, 15) is 0 Å². The fourth-order valence-corrected chi connectivity index (χ4v) is 3.94. The molecule has 4 aromatic carbocycles. The molecule has 0 saturated carbocycles. The molecule has 0 amide bonds. The predicted octanol–water partition coefficient (Wildman–Crippen LogP) is 7.78. The summed E-state index contributed by atoms with van der Waals surface area (Å²) < 4.78 is 11.3. The maximum atomic E-state index is 5.91. The molecular formula is C29H20N2O2. The van der Waals surface area contributed by atoms with Crippen LogP contribution in [0.2, 0.25) is 0 Å². The highest BCUT2D eigenvalue weighted by atomic mass is 16.5. The number of nitrogens with zero attached hydrogens (tertiary/aromatic N) is 2. The number of hydrogen-bond acceptors (Lipinski definition) is 4. The number of oxazole rings is 1. The van der Waals surface area contributed by atoms with Crippen molar-refractivity contribution >= 4 is 34.2 Å². The second-order valence-corrected chi connectivity index (χ2v) is 8.09. The molecule has 0 saturated heterocycles. The Morgan fingerprint density at radius 3 is 2.15 bits per heavy atom. The number of aryl methyl sites for hydroxylation is 1. The van der Waals surface area contributed by atoms with Crippen molar-refractivity contribution in [2.24, 2.45) is 0 Å². The Bertz CT molecular complexity index is 1600. The van der Waals surface area contributed by atoms with Crippen molar-refractivity contribution in [3.8, 4) is 22.7 Å². The Morgan fingerprint density at radius 2 is 1.39 bits per heavy atom. The van der Waals surface area contributed by atoms with Crippen LogP contribution in [0.1, 0.15) is 16.7 Å². The summed E-state index contributed by atoms with van der Waals surface area (Å²) in [5, 5.41) is 5.26. The largest absolute Gasteiger partial charge is 0.436 e. The fourth-order valence-electron chi connectivity index (χ4n) is 3.94. The van der Waals surface area contributed by atoms with E-state index in [4.69, 9.17) is 8.94 Å². The lowest BCUT2D eigenvalue weighted by Crippen LogP contribution is -1.80. The summed E-state index contributed by atoms with van der Waals surface area (Å²) in [4.78, 5) is 4.62. The van der Waals surface area contributed by atoms with Gasteiger partial charge in [0.25, 0.3) is 0 Å².